The summed E-state index contributed by atoms with van der Waals surface area (Å²) < 4.78 is 5.31. The van der Waals surface area contributed by atoms with Crippen LogP contribution in [0.5, 0.6) is 0 Å². The first-order chi connectivity index (χ1) is 9.99. The Hall–Kier alpha value is -1.73. The van der Waals surface area contributed by atoms with Gasteiger partial charge in [0.25, 0.3) is 0 Å². The number of aryl methyl sites for hydroxylation is 2. The van der Waals surface area contributed by atoms with Crippen molar-refractivity contribution in [1.82, 2.24) is 19.9 Å². The van der Waals surface area contributed by atoms with Crippen LogP contribution in [0.3, 0.4) is 0 Å². The predicted octanol–water partition coefficient (Wildman–Crippen LogP) is 2.46. The number of hydrogen-bond donors (Lipinski definition) is 1. The molecule has 0 atom stereocenters. The summed E-state index contributed by atoms with van der Waals surface area (Å²) in [6.45, 7) is 8.85. The summed E-state index contributed by atoms with van der Waals surface area (Å²) in [5.74, 6) is 0.989. The van der Waals surface area contributed by atoms with E-state index in [1.54, 1.807) is 6.07 Å². The van der Waals surface area contributed by atoms with Gasteiger partial charge in [0.2, 0.25) is 0 Å². The van der Waals surface area contributed by atoms with Crippen molar-refractivity contribution in [3.05, 3.63) is 28.8 Å². The smallest absolute Gasteiger partial charge is 0.194 e. The molecule has 0 amide bonds. The fourth-order valence-electron chi connectivity index (χ4n) is 1.68. The maximum atomic E-state index is 5.81. The molecule has 2 heterocycles. The van der Waals surface area contributed by atoms with Gasteiger partial charge in [-0.05, 0) is 45.0 Å². The Morgan fingerprint density at radius 1 is 1.10 bits per heavy atom. The minimum atomic E-state index is 0.349. The fraction of sp³-hybridized carbons (Fsp3) is 0.429. The summed E-state index contributed by atoms with van der Waals surface area (Å²) in [5, 5.41) is 1.39. The molecule has 0 spiro atoms. The zero-order valence-corrected chi connectivity index (χ0v) is 13.5. The molecule has 0 fully saturated rings. The lowest BCUT2D eigenvalue weighted by Crippen LogP contribution is -2.04. The molecule has 6 nitrogen and oxygen atoms in total. The van der Waals surface area contributed by atoms with Crippen molar-refractivity contribution in [2.45, 2.75) is 44.5 Å². The average Bonchev–Trinajstić information content (AvgIpc) is 2.42. The second kappa shape index (κ2) is 6.82. The van der Waals surface area contributed by atoms with Crippen LogP contribution in [0.25, 0.3) is 0 Å². The lowest BCUT2D eigenvalue weighted by atomic mass is 10.2. The van der Waals surface area contributed by atoms with E-state index in [0.29, 0.717) is 30.0 Å². The van der Waals surface area contributed by atoms with Crippen molar-refractivity contribution in [3.63, 3.8) is 0 Å². The van der Waals surface area contributed by atoms with Crippen molar-refractivity contribution in [2.24, 2.45) is 0 Å². The molecule has 112 valence electrons. The lowest BCUT2D eigenvalue weighted by Gasteiger charge is -2.08. The maximum absolute atomic E-state index is 5.81. The highest BCUT2D eigenvalue weighted by atomic mass is 32.2. The van der Waals surface area contributed by atoms with E-state index in [1.165, 1.54) is 11.8 Å². The van der Waals surface area contributed by atoms with Crippen LogP contribution in [-0.4, -0.2) is 26.5 Å². The Kier molecular flexibility index (Phi) is 5.08. The number of anilines is 1. The van der Waals surface area contributed by atoms with E-state index in [-0.39, 0.29) is 0 Å². The van der Waals surface area contributed by atoms with Gasteiger partial charge in [-0.2, -0.15) is 0 Å². The van der Waals surface area contributed by atoms with Crippen LogP contribution in [0.15, 0.2) is 16.2 Å². The summed E-state index contributed by atoms with van der Waals surface area (Å²) in [6.07, 6.45) is 0. The van der Waals surface area contributed by atoms with E-state index in [2.05, 4.69) is 19.9 Å². The van der Waals surface area contributed by atoms with Crippen LogP contribution in [0.1, 0.15) is 29.7 Å². The van der Waals surface area contributed by atoms with E-state index in [1.807, 2.05) is 27.7 Å². The summed E-state index contributed by atoms with van der Waals surface area (Å²) in [7, 11) is 0. The van der Waals surface area contributed by atoms with Gasteiger partial charge in [-0.1, -0.05) is 0 Å². The summed E-state index contributed by atoms with van der Waals surface area (Å²) in [5.41, 5.74) is 8.87. The largest absolute Gasteiger partial charge is 0.384 e. The molecular formula is C14H19N5OS. The van der Waals surface area contributed by atoms with E-state index in [9.17, 15) is 0 Å². The number of rotatable bonds is 5. The van der Waals surface area contributed by atoms with Crippen molar-refractivity contribution in [1.29, 1.82) is 0 Å². The molecular weight excluding hydrogens is 286 g/mol. The summed E-state index contributed by atoms with van der Waals surface area (Å²) in [4.78, 5) is 17.5. The first-order valence-electron chi connectivity index (χ1n) is 6.70. The number of nitrogens with zero attached hydrogens (tertiary/aromatic N) is 4. The Labute approximate surface area is 128 Å². The molecule has 2 aromatic heterocycles. The molecule has 0 saturated heterocycles. The van der Waals surface area contributed by atoms with Gasteiger partial charge < -0.3 is 10.5 Å². The Bertz CT molecular complexity index is 624. The second-order valence-corrected chi connectivity index (χ2v) is 5.58. The predicted molar refractivity (Wildman–Crippen MR) is 82.1 cm³/mol. The quantitative estimate of drug-likeness (QED) is 0.670. The molecule has 0 aliphatic heterocycles. The summed E-state index contributed by atoms with van der Waals surface area (Å²) in [6, 6.07) is 1.72. The monoisotopic (exact) mass is 305 g/mol. The first-order valence-corrected chi connectivity index (χ1v) is 7.52. The molecule has 0 bridgehead atoms. The molecule has 7 heteroatoms. The Balaban J connectivity index is 2.24. The van der Waals surface area contributed by atoms with Crippen LogP contribution in [0.4, 0.5) is 5.82 Å². The Morgan fingerprint density at radius 2 is 1.76 bits per heavy atom. The van der Waals surface area contributed by atoms with Crippen LogP contribution < -0.4 is 5.73 Å². The van der Waals surface area contributed by atoms with Gasteiger partial charge in [0.05, 0.1) is 0 Å². The zero-order chi connectivity index (χ0) is 15.4. The standard InChI is InChI=1S/C14H19N5OS/c1-5-20-7-12-18-11(15)6-13(19-12)21-14-16-9(3)8(2)10(4)17-14/h6H,5,7H2,1-4H3,(H2,15,18,19). The van der Waals surface area contributed by atoms with Crippen molar-refractivity contribution >= 4 is 17.6 Å². The van der Waals surface area contributed by atoms with Crippen LogP contribution in [0, 0.1) is 20.8 Å². The third kappa shape index (κ3) is 4.12. The van der Waals surface area contributed by atoms with E-state index in [0.717, 1.165) is 22.0 Å². The molecule has 0 unspecified atom stereocenters. The second-order valence-electron chi connectivity index (χ2n) is 4.59. The Morgan fingerprint density at radius 3 is 2.38 bits per heavy atom. The van der Waals surface area contributed by atoms with Gasteiger partial charge in [-0.25, -0.2) is 19.9 Å². The average molecular weight is 305 g/mol. The first kappa shape index (κ1) is 15.7. The molecule has 0 aliphatic rings. The van der Waals surface area contributed by atoms with Crippen molar-refractivity contribution < 1.29 is 4.74 Å². The summed E-state index contributed by atoms with van der Waals surface area (Å²) >= 11 is 1.38. The van der Waals surface area contributed by atoms with Gasteiger partial charge in [0, 0.05) is 24.1 Å². The number of hydrogen-bond acceptors (Lipinski definition) is 7. The van der Waals surface area contributed by atoms with Crippen molar-refractivity contribution in [2.75, 3.05) is 12.3 Å². The van der Waals surface area contributed by atoms with E-state index >= 15 is 0 Å². The zero-order valence-electron chi connectivity index (χ0n) is 12.7. The number of nitrogens with two attached hydrogens (primary N) is 1. The minimum absolute atomic E-state index is 0.349. The van der Waals surface area contributed by atoms with Gasteiger partial charge in [-0.15, -0.1) is 0 Å². The highest BCUT2D eigenvalue weighted by Crippen LogP contribution is 2.25. The molecule has 21 heavy (non-hydrogen) atoms. The normalized spacial score (nSPS) is 10.9. The molecule has 2 aromatic rings. The third-order valence-corrected chi connectivity index (χ3v) is 3.80. The third-order valence-electron chi connectivity index (χ3n) is 3.01. The van der Waals surface area contributed by atoms with Gasteiger partial charge >= 0.3 is 0 Å². The maximum Gasteiger partial charge on any atom is 0.194 e. The highest BCUT2D eigenvalue weighted by molar-refractivity contribution is 7.99. The molecule has 0 radical (unpaired) electrons. The topological polar surface area (TPSA) is 86.8 Å². The number of aromatic nitrogens is 4. The highest BCUT2D eigenvalue weighted by Gasteiger charge is 2.09. The van der Waals surface area contributed by atoms with Crippen LogP contribution in [-0.2, 0) is 11.3 Å². The molecule has 0 saturated carbocycles. The SMILES string of the molecule is CCOCc1nc(N)cc(Sc2nc(C)c(C)c(C)n2)n1. The van der Waals surface area contributed by atoms with Gasteiger partial charge in [-0.3, -0.25) is 0 Å². The van der Waals surface area contributed by atoms with Gasteiger partial charge in [0.15, 0.2) is 11.0 Å². The van der Waals surface area contributed by atoms with Crippen LogP contribution >= 0.6 is 11.8 Å². The van der Waals surface area contributed by atoms with E-state index < -0.39 is 0 Å². The van der Waals surface area contributed by atoms with Crippen LogP contribution in [0.2, 0.25) is 0 Å². The number of ether oxygens (including phenoxy) is 1. The van der Waals surface area contributed by atoms with E-state index in [4.69, 9.17) is 10.5 Å². The minimum Gasteiger partial charge on any atom is -0.384 e. The van der Waals surface area contributed by atoms with Crippen molar-refractivity contribution in [3.8, 4) is 0 Å². The van der Waals surface area contributed by atoms with Gasteiger partial charge in [0.1, 0.15) is 17.5 Å². The number of nitrogen functional groups attached to an aromatic ring is 1. The molecule has 2 N–H and O–H groups in total. The molecule has 0 aromatic carbocycles. The molecule has 0 aliphatic carbocycles. The fourth-order valence-corrected chi connectivity index (χ4v) is 2.57. The lowest BCUT2D eigenvalue weighted by molar-refractivity contribution is 0.128. The molecule has 2 rings (SSSR count).